The van der Waals surface area contributed by atoms with Gasteiger partial charge in [-0.3, -0.25) is 9.59 Å². The smallest absolute Gasteiger partial charge is 0.327 e. The standard InChI is InChI=1S/C16H23N3O5S/c1-9(20)13(17)15(22)18-11(7-10-5-3-2-4-6-10)14(21)19-12(8-25)16(23)24/h2-6,9,11-13,20,25H,7-8,17H2,1H3,(H,18,22)(H,19,21)(H,23,24). The number of nitrogens with two attached hydrogens (primary N) is 1. The third kappa shape index (κ3) is 6.73. The van der Waals surface area contributed by atoms with E-state index >= 15 is 0 Å². The van der Waals surface area contributed by atoms with Crippen molar-refractivity contribution in [1.82, 2.24) is 10.6 Å². The van der Waals surface area contributed by atoms with Crippen LogP contribution in [-0.4, -0.2) is 58.0 Å². The average Bonchev–Trinajstić information content (AvgIpc) is 2.58. The minimum atomic E-state index is -1.23. The maximum absolute atomic E-state index is 12.4. The molecule has 1 aromatic carbocycles. The number of carbonyl (C=O) groups excluding carboxylic acids is 2. The molecule has 0 bridgehead atoms. The zero-order valence-corrected chi connectivity index (χ0v) is 14.6. The van der Waals surface area contributed by atoms with Gasteiger partial charge in [-0.2, -0.15) is 12.6 Å². The fourth-order valence-corrected chi connectivity index (χ4v) is 2.25. The highest BCUT2D eigenvalue weighted by Gasteiger charge is 2.28. The lowest BCUT2D eigenvalue weighted by atomic mass is 10.0. The second kappa shape index (κ2) is 10.0. The molecular formula is C16H23N3O5S. The quantitative estimate of drug-likeness (QED) is 0.306. The van der Waals surface area contributed by atoms with Crippen molar-refractivity contribution in [3.8, 4) is 0 Å². The first-order valence-electron chi connectivity index (χ1n) is 7.68. The van der Waals surface area contributed by atoms with Crippen LogP contribution in [0.3, 0.4) is 0 Å². The fraction of sp³-hybridized carbons (Fsp3) is 0.438. The summed E-state index contributed by atoms with van der Waals surface area (Å²) in [6.45, 7) is 1.36. The minimum Gasteiger partial charge on any atom is -0.480 e. The number of aliphatic carboxylic acids is 1. The summed E-state index contributed by atoms with van der Waals surface area (Å²) in [4.78, 5) is 35.6. The van der Waals surface area contributed by atoms with E-state index in [-0.39, 0.29) is 12.2 Å². The summed E-state index contributed by atoms with van der Waals surface area (Å²) in [5, 5.41) is 23.2. The van der Waals surface area contributed by atoms with E-state index in [0.29, 0.717) is 0 Å². The summed E-state index contributed by atoms with van der Waals surface area (Å²) in [6, 6.07) is 5.48. The molecule has 0 aliphatic carbocycles. The zero-order chi connectivity index (χ0) is 19.0. The van der Waals surface area contributed by atoms with Crippen molar-refractivity contribution in [3.05, 3.63) is 35.9 Å². The first-order valence-corrected chi connectivity index (χ1v) is 8.31. The number of thiol groups is 1. The van der Waals surface area contributed by atoms with E-state index in [1.807, 2.05) is 6.07 Å². The number of carbonyl (C=O) groups is 3. The average molecular weight is 369 g/mol. The van der Waals surface area contributed by atoms with Gasteiger partial charge in [0.05, 0.1) is 6.10 Å². The number of benzene rings is 1. The molecule has 2 amide bonds. The molecule has 0 saturated heterocycles. The Morgan fingerprint density at radius 3 is 2.16 bits per heavy atom. The lowest BCUT2D eigenvalue weighted by Gasteiger charge is -2.23. The van der Waals surface area contributed by atoms with E-state index in [9.17, 15) is 19.5 Å². The van der Waals surface area contributed by atoms with Crippen molar-refractivity contribution in [2.24, 2.45) is 5.73 Å². The van der Waals surface area contributed by atoms with E-state index in [1.54, 1.807) is 24.3 Å². The number of rotatable bonds is 9. The highest BCUT2D eigenvalue weighted by Crippen LogP contribution is 2.05. The van der Waals surface area contributed by atoms with Crippen LogP contribution < -0.4 is 16.4 Å². The monoisotopic (exact) mass is 369 g/mol. The largest absolute Gasteiger partial charge is 0.480 e. The van der Waals surface area contributed by atoms with Crippen LogP contribution >= 0.6 is 12.6 Å². The number of nitrogens with one attached hydrogen (secondary N) is 2. The van der Waals surface area contributed by atoms with Gasteiger partial charge in [0, 0.05) is 12.2 Å². The third-order valence-corrected chi connectivity index (χ3v) is 3.90. The molecule has 6 N–H and O–H groups in total. The second-order valence-corrected chi connectivity index (χ2v) is 5.96. The Morgan fingerprint density at radius 1 is 1.12 bits per heavy atom. The number of aliphatic hydroxyl groups is 1. The van der Waals surface area contributed by atoms with Crippen LogP contribution in [-0.2, 0) is 20.8 Å². The number of hydrogen-bond acceptors (Lipinski definition) is 6. The highest BCUT2D eigenvalue weighted by molar-refractivity contribution is 7.80. The number of amides is 2. The van der Waals surface area contributed by atoms with Crippen LogP contribution in [0.5, 0.6) is 0 Å². The number of aliphatic hydroxyl groups excluding tert-OH is 1. The first-order chi connectivity index (χ1) is 11.8. The number of carboxylic acid groups (broad SMARTS) is 1. The Bertz CT molecular complexity index is 597. The Kier molecular flexibility index (Phi) is 8.39. The summed E-state index contributed by atoms with van der Waals surface area (Å²) in [5.41, 5.74) is 6.35. The van der Waals surface area contributed by atoms with E-state index in [4.69, 9.17) is 10.8 Å². The third-order valence-electron chi connectivity index (χ3n) is 3.54. The topological polar surface area (TPSA) is 142 Å². The van der Waals surface area contributed by atoms with E-state index in [2.05, 4.69) is 23.3 Å². The van der Waals surface area contributed by atoms with Crippen molar-refractivity contribution >= 4 is 30.4 Å². The van der Waals surface area contributed by atoms with E-state index in [1.165, 1.54) is 6.92 Å². The van der Waals surface area contributed by atoms with E-state index in [0.717, 1.165) is 5.56 Å². The summed E-state index contributed by atoms with van der Waals surface area (Å²) in [5.74, 6) is -2.70. The van der Waals surface area contributed by atoms with Crippen molar-refractivity contribution in [3.63, 3.8) is 0 Å². The van der Waals surface area contributed by atoms with Gasteiger partial charge in [0.1, 0.15) is 18.1 Å². The van der Waals surface area contributed by atoms with Crippen molar-refractivity contribution < 1.29 is 24.6 Å². The predicted octanol–water partition coefficient (Wildman–Crippen LogP) is -1.08. The molecule has 0 saturated carbocycles. The van der Waals surface area contributed by atoms with Crippen molar-refractivity contribution in [1.29, 1.82) is 0 Å². The number of hydrogen-bond donors (Lipinski definition) is 6. The SMILES string of the molecule is CC(O)C(N)C(=O)NC(Cc1ccccc1)C(=O)NC(CS)C(=O)O. The minimum absolute atomic E-state index is 0.0970. The van der Waals surface area contributed by atoms with Crippen LogP contribution in [0.4, 0.5) is 0 Å². The second-order valence-electron chi connectivity index (χ2n) is 5.60. The molecule has 0 aromatic heterocycles. The summed E-state index contributed by atoms with van der Waals surface area (Å²) >= 11 is 3.89. The van der Waals surface area contributed by atoms with Gasteiger partial charge in [-0.1, -0.05) is 30.3 Å². The van der Waals surface area contributed by atoms with Gasteiger partial charge >= 0.3 is 5.97 Å². The highest BCUT2D eigenvalue weighted by atomic mass is 32.1. The molecule has 8 nitrogen and oxygen atoms in total. The van der Waals surface area contributed by atoms with Crippen LogP contribution in [0, 0.1) is 0 Å². The summed E-state index contributed by atoms with van der Waals surface area (Å²) < 4.78 is 0. The molecule has 0 spiro atoms. The zero-order valence-electron chi connectivity index (χ0n) is 13.8. The van der Waals surface area contributed by atoms with Gasteiger partial charge in [0.15, 0.2) is 0 Å². The summed E-state index contributed by atoms with van der Waals surface area (Å²) in [6.07, 6.45) is -0.950. The lowest BCUT2D eigenvalue weighted by Crippen LogP contribution is -2.57. The van der Waals surface area contributed by atoms with Crippen molar-refractivity contribution in [2.75, 3.05) is 5.75 Å². The molecule has 0 aliphatic heterocycles. The number of carboxylic acids is 1. The molecular weight excluding hydrogens is 346 g/mol. The lowest BCUT2D eigenvalue weighted by molar-refractivity contribution is -0.141. The van der Waals surface area contributed by atoms with Gasteiger partial charge in [0.2, 0.25) is 11.8 Å². The molecule has 9 heteroatoms. The van der Waals surface area contributed by atoms with Crippen LogP contribution in [0.2, 0.25) is 0 Å². The molecule has 1 rings (SSSR count). The maximum atomic E-state index is 12.4. The predicted molar refractivity (Wildman–Crippen MR) is 95.2 cm³/mol. The molecule has 0 aliphatic rings. The molecule has 138 valence electrons. The van der Waals surface area contributed by atoms with Crippen LogP contribution in [0.25, 0.3) is 0 Å². The molecule has 0 heterocycles. The van der Waals surface area contributed by atoms with Crippen LogP contribution in [0.15, 0.2) is 30.3 Å². The first kappa shape index (κ1) is 20.9. The molecule has 0 fully saturated rings. The Labute approximate surface area is 151 Å². The molecule has 25 heavy (non-hydrogen) atoms. The Hall–Kier alpha value is -2.10. The van der Waals surface area contributed by atoms with E-state index < -0.39 is 42.0 Å². The van der Waals surface area contributed by atoms with Crippen molar-refractivity contribution in [2.45, 2.75) is 37.6 Å². The summed E-state index contributed by atoms with van der Waals surface area (Å²) in [7, 11) is 0. The van der Waals surface area contributed by atoms with Crippen LogP contribution in [0.1, 0.15) is 12.5 Å². The Balaban J connectivity index is 2.91. The van der Waals surface area contributed by atoms with Gasteiger partial charge in [-0.25, -0.2) is 4.79 Å². The fourth-order valence-electron chi connectivity index (χ4n) is 2.00. The maximum Gasteiger partial charge on any atom is 0.327 e. The van der Waals surface area contributed by atoms with Gasteiger partial charge < -0.3 is 26.6 Å². The molecule has 0 radical (unpaired) electrons. The Morgan fingerprint density at radius 2 is 1.68 bits per heavy atom. The molecule has 4 unspecified atom stereocenters. The molecule has 1 aromatic rings. The normalized spacial score (nSPS) is 15.5. The van der Waals surface area contributed by atoms with Gasteiger partial charge in [0.25, 0.3) is 0 Å². The molecule has 4 atom stereocenters. The van der Waals surface area contributed by atoms with Gasteiger partial charge in [-0.15, -0.1) is 0 Å². The van der Waals surface area contributed by atoms with Gasteiger partial charge in [-0.05, 0) is 12.5 Å².